The number of amides is 1. The summed E-state index contributed by atoms with van der Waals surface area (Å²) in [7, 11) is -4.13. The Morgan fingerprint density at radius 2 is 1.86 bits per heavy atom. The largest absolute Gasteiger partial charge is 0.449 e. The Labute approximate surface area is 211 Å². The van der Waals surface area contributed by atoms with E-state index in [2.05, 4.69) is 35.3 Å². The first-order chi connectivity index (χ1) is 16.5. The highest BCUT2D eigenvalue weighted by Gasteiger charge is 2.27. The van der Waals surface area contributed by atoms with Crippen molar-refractivity contribution in [2.75, 3.05) is 6.61 Å². The van der Waals surface area contributed by atoms with Gasteiger partial charge in [0.05, 0.1) is 11.6 Å². The third kappa shape index (κ3) is 6.91. The van der Waals surface area contributed by atoms with Crippen LogP contribution in [-0.4, -0.2) is 35.7 Å². The third-order valence-electron chi connectivity index (χ3n) is 5.26. The van der Waals surface area contributed by atoms with E-state index in [0.717, 1.165) is 35.6 Å². The molecule has 2 aromatic heterocycles. The van der Waals surface area contributed by atoms with Crippen LogP contribution in [0.3, 0.4) is 0 Å². The van der Waals surface area contributed by atoms with Gasteiger partial charge in [-0.3, -0.25) is 0 Å². The number of sulfonamides is 1. The number of hydrogen-bond donors (Lipinski definition) is 1. The van der Waals surface area contributed by atoms with Crippen LogP contribution < -0.4 is 4.72 Å². The average molecular weight is 519 g/mol. The van der Waals surface area contributed by atoms with Gasteiger partial charge in [0.1, 0.15) is 11.5 Å². The number of ether oxygens (including phenoxy) is 1. The van der Waals surface area contributed by atoms with Gasteiger partial charge < -0.3 is 9.30 Å². The van der Waals surface area contributed by atoms with Crippen LogP contribution in [0.25, 0.3) is 11.3 Å². The van der Waals surface area contributed by atoms with Crippen molar-refractivity contribution in [3.8, 4) is 11.3 Å². The molecular weight excluding hydrogens is 484 g/mol. The molecule has 0 radical (unpaired) electrons. The summed E-state index contributed by atoms with van der Waals surface area (Å²) in [4.78, 5) is 21.1. The summed E-state index contributed by atoms with van der Waals surface area (Å²) in [6, 6.07) is 7.66. The zero-order valence-electron chi connectivity index (χ0n) is 21.0. The van der Waals surface area contributed by atoms with E-state index in [4.69, 9.17) is 4.74 Å². The van der Waals surface area contributed by atoms with Crippen molar-refractivity contribution in [2.24, 2.45) is 0 Å². The minimum Gasteiger partial charge on any atom is -0.449 e. The molecule has 2 heterocycles. The van der Waals surface area contributed by atoms with E-state index in [-0.39, 0.29) is 16.2 Å². The summed E-state index contributed by atoms with van der Waals surface area (Å²) in [5, 5.41) is 0.708. The van der Waals surface area contributed by atoms with Crippen LogP contribution in [0, 0.1) is 0 Å². The number of aryl methyl sites for hydroxylation is 1. The Morgan fingerprint density at radius 3 is 2.49 bits per heavy atom. The number of carbonyl (C=O) groups excluding carboxylic acids is 1. The molecule has 190 valence electrons. The molecule has 0 aliphatic carbocycles. The van der Waals surface area contributed by atoms with Crippen molar-refractivity contribution in [1.29, 1.82) is 0 Å². The number of thiazole rings is 1. The molecule has 8 nitrogen and oxygen atoms in total. The Hall–Kier alpha value is -2.72. The lowest BCUT2D eigenvalue weighted by Gasteiger charge is -2.19. The maximum atomic E-state index is 13.0. The van der Waals surface area contributed by atoms with Crippen molar-refractivity contribution in [1.82, 2.24) is 19.3 Å². The van der Waals surface area contributed by atoms with Gasteiger partial charge in [-0.05, 0) is 24.8 Å². The molecule has 10 heteroatoms. The van der Waals surface area contributed by atoms with E-state index < -0.39 is 16.1 Å². The number of unbranched alkanes of at least 4 members (excludes halogenated alkanes) is 1. The molecule has 0 atom stereocenters. The Morgan fingerprint density at radius 1 is 1.14 bits per heavy atom. The molecule has 3 rings (SSSR count). The highest BCUT2D eigenvalue weighted by Crippen LogP contribution is 2.33. The number of imidazole rings is 1. The van der Waals surface area contributed by atoms with Crippen LogP contribution in [-0.2, 0) is 33.1 Å². The summed E-state index contributed by atoms with van der Waals surface area (Å²) in [5.74, 6) is 0.996. The van der Waals surface area contributed by atoms with Crippen molar-refractivity contribution in [3.05, 3.63) is 53.1 Å². The highest BCUT2D eigenvalue weighted by atomic mass is 32.2. The summed E-state index contributed by atoms with van der Waals surface area (Å²) in [6.45, 7) is 11.2. The van der Waals surface area contributed by atoms with Crippen LogP contribution in [0.2, 0.25) is 0 Å². The lowest BCUT2D eigenvalue weighted by atomic mass is 9.95. The summed E-state index contributed by atoms with van der Waals surface area (Å²) in [5.41, 5.74) is 2.00. The average Bonchev–Trinajstić information content (AvgIpc) is 3.42. The van der Waals surface area contributed by atoms with Gasteiger partial charge in [-0.2, -0.15) is 0 Å². The molecule has 0 fully saturated rings. The predicted molar refractivity (Wildman–Crippen MR) is 138 cm³/mol. The van der Waals surface area contributed by atoms with Gasteiger partial charge in [0.2, 0.25) is 0 Å². The van der Waals surface area contributed by atoms with Gasteiger partial charge in [0.15, 0.2) is 4.21 Å². The number of benzene rings is 1. The maximum absolute atomic E-state index is 13.0. The number of nitrogens with one attached hydrogen (secondary N) is 1. The van der Waals surface area contributed by atoms with Gasteiger partial charge in [-0.15, -0.1) is 11.3 Å². The highest BCUT2D eigenvalue weighted by molar-refractivity contribution is 7.92. The molecule has 0 saturated heterocycles. The van der Waals surface area contributed by atoms with E-state index in [1.54, 1.807) is 6.20 Å². The molecule has 1 aromatic carbocycles. The first kappa shape index (κ1) is 26.9. The molecule has 0 unspecified atom stereocenters. The topological polar surface area (TPSA) is 103 Å². The summed E-state index contributed by atoms with van der Waals surface area (Å²) >= 11 is 1.09. The predicted octanol–water partition coefficient (Wildman–Crippen LogP) is 5.52. The smallest absolute Gasteiger partial charge is 0.421 e. The zero-order chi connectivity index (χ0) is 25.6. The fourth-order valence-corrected chi connectivity index (χ4v) is 6.13. The molecular formula is C25H34N4O4S2. The Bertz CT molecular complexity index is 1240. The molecule has 0 saturated carbocycles. The van der Waals surface area contributed by atoms with Crippen molar-refractivity contribution in [2.45, 2.75) is 76.5 Å². The van der Waals surface area contributed by atoms with Crippen LogP contribution >= 0.6 is 11.3 Å². The van der Waals surface area contributed by atoms with Gasteiger partial charge in [-0.1, -0.05) is 65.3 Å². The fraction of sp³-hybridized carbons (Fsp3) is 0.480. The number of carbonyl (C=O) groups is 1. The molecule has 0 spiro atoms. The van der Waals surface area contributed by atoms with Gasteiger partial charge in [0.25, 0.3) is 10.0 Å². The fourth-order valence-electron chi connectivity index (χ4n) is 3.57. The molecule has 0 aliphatic heterocycles. The van der Waals surface area contributed by atoms with E-state index in [1.807, 2.05) is 49.0 Å². The number of hydrogen-bond acceptors (Lipinski definition) is 7. The third-order valence-corrected chi connectivity index (χ3v) is 8.20. The minimum absolute atomic E-state index is 0.0192. The molecule has 0 aliphatic rings. The van der Waals surface area contributed by atoms with Crippen LogP contribution in [0.4, 0.5) is 4.79 Å². The second-order valence-corrected chi connectivity index (χ2v) is 12.4. The van der Waals surface area contributed by atoms with E-state index >= 15 is 0 Å². The lowest BCUT2D eigenvalue weighted by molar-refractivity contribution is 0.151. The van der Waals surface area contributed by atoms with Crippen molar-refractivity contribution < 1.29 is 17.9 Å². The van der Waals surface area contributed by atoms with Gasteiger partial charge in [0, 0.05) is 29.9 Å². The van der Waals surface area contributed by atoms with Crippen LogP contribution in [0.15, 0.2) is 40.9 Å². The zero-order valence-corrected chi connectivity index (χ0v) is 22.6. The van der Waals surface area contributed by atoms with Crippen LogP contribution in [0.5, 0.6) is 0 Å². The number of nitrogens with zero attached hydrogens (tertiary/aromatic N) is 3. The van der Waals surface area contributed by atoms with E-state index in [1.165, 1.54) is 0 Å². The second-order valence-electron chi connectivity index (χ2n) is 9.41. The van der Waals surface area contributed by atoms with Crippen molar-refractivity contribution in [3.63, 3.8) is 0 Å². The van der Waals surface area contributed by atoms with E-state index in [9.17, 15) is 13.2 Å². The van der Waals surface area contributed by atoms with Crippen molar-refractivity contribution >= 4 is 27.5 Å². The number of aromatic nitrogens is 3. The minimum atomic E-state index is -4.13. The van der Waals surface area contributed by atoms with Crippen LogP contribution in [0.1, 0.15) is 70.3 Å². The maximum Gasteiger partial charge on any atom is 0.421 e. The summed E-state index contributed by atoms with van der Waals surface area (Å²) < 4.78 is 35.2. The quantitative estimate of drug-likeness (QED) is 0.355. The number of rotatable bonds is 10. The second kappa shape index (κ2) is 11.3. The molecule has 1 amide bonds. The normalized spacial score (nSPS) is 12.0. The monoisotopic (exact) mass is 518 g/mol. The first-order valence-corrected chi connectivity index (χ1v) is 14.1. The Kier molecular flexibility index (Phi) is 8.71. The molecule has 35 heavy (non-hydrogen) atoms. The molecule has 1 N–H and O–H groups in total. The Balaban J connectivity index is 1.86. The lowest BCUT2D eigenvalue weighted by Crippen LogP contribution is -2.31. The molecule has 0 bridgehead atoms. The molecule has 3 aromatic rings. The van der Waals surface area contributed by atoms with Gasteiger partial charge in [-0.25, -0.2) is 27.9 Å². The summed E-state index contributed by atoms with van der Waals surface area (Å²) in [6.07, 6.45) is 5.79. The van der Waals surface area contributed by atoms with Gasteiger partial charge >= 0.3 is 6.09 Å². The standard InChI is InChI=1S/C25H34N4O4S2/c1-6-8-16-33-24(30)28-35(31,32)22-21(27-20(34-22)9-7-2)19-12-10-18(11-13-19)17-29-15-14-26-23(29)25(3,4)5/h10-15H,6-9,16-17H2,1-5H3,(H,28,30). The SMILES string of the molecule is CCCCOC(=O)NS(=O)(=O)c1sc(CCC)nc1-c1ccc(Cn2ccnc2C(C)(C)C)cc1. The van der Waals surface area contributed by atoms with E-state index in [0.29, 0.717) is 35.7 Å². The first-order valence-electron chi connectivity index (χ1n) is 11.8.